The van der Waals surface area contributed by atoms with E-state index in [-0.39, 0.29) is 6.04 Å². The van der Waals surface area contributed by atoms with Gasteiger partial charge in [-0.2, -0.15) is 5.26 Å². The standard InChI is InChI=1S/C31H39N7O3/c1-22-11-14-34-28(30(22)31(33)39)9-7-23(2)37-15-12-26(13-16-37)38(21-25-6-4-5-24(19-32)36-25)27-8-10-29(35-20-27)41-18-17-40-3/h4-6,8,10-11,14,20,23,26H,7,9,12-13,15-18,21H2,1-3H3,(H2,33,39)/t23-/m1/s1. The zero-order chi connectivity index (χ0) is 29.2. The first kappa shape index (κ1) is 29.9. The van der Waals surface area contributed by atoms with Gasteiger partial charge in [-0.15, -0.1) is 0 Å². The van der Waals surface area contributed by atoms with Crippen LogP contribution in [0.15, 0.2) is 48.8 Å². The molecule has 1 atom stereocenters. The fraction of sp³-hybridized carbons (Fsp3) is 0.452. The van der Waals surface area contributed by atoms with Crippen LogP contribution in [-0.4, -0.2) is 71.3 Å². The van der Waals surface area contributed by atoms with E-state index in [4.69, 9.17) is 15.2 Å². The van der Waals surface area contributed by atoms with Crippen LogP contribution < -0.4 is 15.4 Å². The number of ether oxygens (including phenoxy) is 2. The number of nitrogens with zero attached hydrogens (tertiary/aromatic N) is 6. The van der Waals surface area contributed by atoms with Crippen molar-refractivity contribution in [1.29, 1.82) is 5.26 Å². The molecule has 3 aromatic rings. The Bertz CT molecular complexity index is 1330. The minimum atomic E-state index is -0.419. The van der Waals surface area contributed by atoms with E-state index in [1.807, 2.05) is 43.5 Å². The van der Waals surface area contributed by atoms with Crippen LogP contribution in [0.1, 0.15) is 59.2 Å². The van der Waals surface area contributed by atoms with Gasteiger partial charge in [-0.25, -0.2) is 9.97 Å². The average molecular weight is 558 g/mol. The maximum Gasteiger partial charge on any atom is 0.250 e. The Morgan fingerprint density at radius 2 is 2.00 bits per heavy atom. The summed E-state index contributed by atoms with van der Waals surface area (Å²) >= 11 is 0. The van der Waals surface area contributed by atoms with Crippen molar-refractivity contribution >= 4 is 11.6 Å². The number of nitrogens with two attached hydrogens (primary N) is 1. The summed E-state index contributed by atoms with van der Waals surface area (Å²) in [5.74, 6) is 0.139. The SMILES string of the molecule is COCCOc1ccc(N(Cc2cccc(C#N)n2)C2CCN([C@H](C)CCc3nccc(C)c3C(N)=O)CC2)cn1. The van der Waals surface area contributed by atoms with Crippen molar-refractivity contribution < 1.29 is 14.3 Å². The molecule has 0 aliphatic carbocycles. The summed E-state index contributed by atoms with van der Waals surface area (Å²) in [6.07, 6.45) is 7.14. The van der Waals surface area contributed by atoms with Gasteiger partial charge in [-0.3, -0.25) is 9.78 Å². The monoisotopic (exact) mass is 557 g/mol. The second kappa shape index (κ2) is 14.5. The minimum Gasteiger partial charge on any atom is -0.475 e. The van der Waals surface area contributed by atoms with Gasteiger partial charge in [-0.1, -0.05) is 6.07 Å². The third kappa shape index (κ3) is 7.99. The summed E-state index contributed by atoms with van der Waals surface area (Å²) in [6, 6.07) is 14.1. The molecule has 0 saturated carbocycles. The molecule has 1 aliphatic heterocycles. The predicted octanol–water partition coefficient (Wildman–Crippen LogP) is 3.67. The van der Waals surface area contributed by atoms with Gasteiger partial charge in [0.05, 0.1) is 42.0 Å². The number of likely N-dealkylation sites (tertiary alicyclic amines) is 1. The molecule has 0 unspecified atom stereocenters. The number of rotatable bonds is 13. The first-order chi connectivity index (χ1) is 19.9. The number of methoxy groups -OCH3 is 1. The van der Waals surface area contributed by atoms with E-state index in [0.717, 1.165) is 55.0 Å². The molecule has 0 bridgehead atoms. The highest BCUT2D eigenvalue weighted by Gasteiger charge is 2.28. The molecule has 0 radical (unpaired) electrons. The molecule has 0 spiro atoms. The maximum atomic E-state index is 12.0. The van der Waals surface area contributed by atoms with Gasteiger partial charge < -0.3 is 25.0 Å². The van der Waals surface area contributed by atoms with Crippen molar-refractivity contribution in [3.63, 3.8) is 0 Å². The molecular weight excluding hydrogens is 518 g/mol. The lowest BCUT2D eigenvalue weighted by molar-refractivity contribution is 0.0998. The van der Waals surface area contributed by atoms with Crippen molar-refractivity contribution in [3.05, 3.63) is 77.0 Å². The van der Waals surface area contributed by atoms with Crippen molar-refractivity contribution in [2.24, 2.45) is 5.73 Å². The van der Waals surface area contributed by atoms with Crippen LogP contribution in [0.4, 0.5) is 5.69 Å². The third-order valence-corrected chi connectivity index (χ3v) is 7.69. The van der Waals surface area contributed by atoms with E-state index in [2.05, 4.69) is 37.7 Å². The highest BCUT2D eigenvalue weighted by Crippen LogP contribution is 2.28. The van der Waals surface area contributed by atoms with E-state index in [1.54, 1.807) is 19.4 Å². The number of amides is 1. The molecule has 1 aliphatic rings. The number of nitriles is 1. The summed E-state index contributed by atoms with van der Waals surface area (Å²) in [5, 5.41) is 9.34. The van der Waals surface area contributed by atoms with Crippen molar-refractivity contribution in [2.75, 3.05) is 38.3 Å². The number of aromatic nitrogens is 3. The molecule has 3 aromatic heterocycles. The van der Waals surface area contributed by atoms with Gasteiger partial charge in [0.25, 0.3) is 5.91 Å². The Labute approximate surface area is 242 Å². The Morgan fingerprint density at radius 1 is 1.20 bits per heavy atom. The normalized spacial score (nSPS) is 14.8. The van der Waals surface area contributed by atoms with Crippen molar-refractivity contribution in [3.8, 4) is 11.9 Å². The Balaban J connectivity index is 1.42. The highest BCUT2D eigenvalue weighted by atomic mass is 16.5. The van der Waals surface area contributed by atoms with Gasteiger partial charge in [0.2, 0.25) is 5.88 Å². The minimum absolute atomic E-state index is 0.285. The van der Waals surface area contributed by atoms with Crippen LogP contribution in [0, 0.1) is 18.3 Å². The molecule has 4 rings (SSSR count). The van der Waals surface area contributed by atoms with Crippen LogP contribution in [0.25, 0.3) is 0 Å². The second-order valence-electron chi connectivity index (χ2n) is 10.4. The molecule has 1 fully saturated rings. The smallest absolute Gasteiger partial charge is 0.250 e. The van der Waals surface area contributed by atoms with E-state index in [9.17, 15) is 10.1 Å². The molecule has 2 N–H and O–H groups in total. The molecule has 41 heavy (non-hydrogen) atoms. The second-order valence-corrected chi connectivity index (χ2v) is 10.4. The van der Waals surface area contributed by atoms with Crippen LogP contribution in [-0.2, 0) is 17.7 Å². The molecule has 10 heteroatoms. The lowest BCUT2D eigenvalue weighted by atomic mass is 9.98. The summed E-state index contributed by atoms with van der Waals surface area (Å²) in [5.41, 5.74) is 10.1. The zero-order valence-electron chi connectivity index (χ0n) is 24.1. The van der Waals surface area contributed by atoms with Gasteiger partial charge in [0.1, 0.15) is 18.4 Å². The van der Waals surface area contributed by atoms with E-state index in [1.165, 1.54) is 0 Å². The summed E-state index contributed by atoms with van der Waals surface area (Å²) in [6.45, 7) is 7.55. The number of piperidine rings is 1. The highest BCUT2D eigenvalue weighted by molar-refractivity contribution is 5.95. The number of hydrogen-bond acceptors (Lipinski definition) is 9. The third-order valence-electron chi connectivity index (χ3n) is 7.69. The number of hydrogen-bond donors (Lipinski definition) is 1. The molecule has 10 nitrogen and oxygen atoms in total. The number of anilines is 1. The molecule has 1 saturated heterocycles. The molecule has 0 aromatic carbocycles. The van der Waals surface area contributed by atoms with E-state index >= 15 is 0 Å². The van der Waals surface area contributed by atoms with Crippen molar-refractivity contribution in [2.45, 2.75) is 58.2 Å². The van der Waals surface area contributed by atoms with Crippen LogP contribution >= 0.6 is 0 Å². The first-order valence-corrected chi connectivity index (χ1v) is 14.1. The predicted molar refractivity (Wildman–Crippen MR) is 157 cm³/mol. The fourth-order valence-corrected chi connectivity index (χ4v) is 5.40. The largest absolute Gasteiger partial charge is 0.475 e. The molecule has 216 valence electrons. The quantitative estimate of drug-likeness (QED) is 0.313. The molecular formula is C31H39N7O3. The lowest BCUT2D eigenvalue weighted by Crippen LogP contribution is -2.47. The van der Waals surface area contributed by atoms with E-state index in [0.29, 0.717) is 49.4 Å². The van der Waals surface area contributed by atoms with Gasteiger partial charge in [0, 0.05) is 44.5 Å². The van der Waals surface area contributed by atoms with E-state index < -0.39 is 5.91 Å². The number of carbonyl (C=O) groups excluding carboxylic acids is 1. The topological polar surface area (TPSA) is 130 Å². The summed E-state index contributed by atoms with van der Waals surface area (Å²) < 4.78 is 10.7. The van der Waals surface area contributed by atoms with Gasteiger partial charge >= 0.3 is 0 Å². The van der Waals surface area contributed by atoms with Crippen LogP contribution in [0.5, 0.6) is 5.88 Å². The number of carbonyl (C=O) groups is 1. The number of primary amides is 1. The zero-order valence-corrected chi connectivity index (χ0v) is 24.1. The Kier molecular flexibility index (Phi) is 10.6. The lowest BCUT2D eigenvalue weighted by Gasteiger charge is -2.41. The number of aryl methyl sites for hydroxylation is 2. The van der Waals surface area contributed by atoms with Crippen LogP contribution in [0.2, 0.25) is 0 Å². The van der Waals surface area contributed by atoms with Crippen LogP contribution in [0.3, 0.4) is 0 Å². The summed E-state index contributed by atoms with van der Waals surface area (Å²) in [7, 11) is 1.64. The molecule has 1 amide bonds. The van der Waals surface area contributed by atoms with Gasteiger partial charge in [-0.05, 0) is 69.4 Å². The maximum absolute atomic E-state index is 12.0. The first-order valence-electron chi connectivity index (χ1n) is 14.1. The summed E-state index contributed by atoms with van der Waals surface area (Å²) in [4.78, 5) is 30.3. The average Bonchev–Trinajstić information content (AvgIpc) is 2.99. The Hall–Kier alpha value is -4.07. The van der Waals surface area contributed by atoms with Crippen molar-refractivity contribution in [1.82, 2.24) is 19.9 Å². The molecule has 4 heterocycles. The Morgan fingerprint density at radius 3 is 2.68 bits per heavy atom. The van der Waals surface area contributed by atoms with Gasteiger partial charge in [0.15, 0.2) is 0 Å². The fourth-order valence-electron chi connectivity index (χ4n) is 5.40. The number of pyridine rings is 3.